The molecule has 1 aliphatic rings. The fourth-order valence-corrected chi connectivity index (χ4v) is 5.52. The summed E-state index contributed by atoms with van der Waals surface area (Å²) >= 11 is 8.44. The molecule has 1 fully saturated rings. The van der Waals surface area contributed by atoms with Crippen molar-refractivity contribution in [3.05, 3.63) is 82.1 Å². The third-order valence-electron chi connectivity index (χ3n) is 6.03. The van der Waals surface area contributed by atoms with Crippen LogP contribution in [0.5, 0.6) is 0 Å². The van der Waals surface area contributed by atoms with Crippen LogP contribution < -0.4 is 10.6 Å². The quantitative estimate of drug-likeness (QED) is 0.264. The predicted octanol–water partition coefficient (Wildman–Crippen LogP) is 6.26. The lowest BCUT2D eigenvalue weighted by molar-refractivity contribution is 0.749. The van der Waals surface area contributed by atoms with Crippen molar-refractivity contribution in [1.29, 1.82) is 0 Å². The third-order valence-corrected chi connectivity index (χ3v) is 7.48. The molecule has 1 saturated heterocycles. The monoisotopic (exact) mass is 483 g/mol. The number of halogens is 1. The van der Waals surface area contributed by atoms with Gasteiger partial charge in [-0.2, -0.15) is 0 Å². The van der Waals surface area contributed by atoms with Gasteiger partial charge in [0.1, 0.15) is 6.33 Å². The molecule has 0 spiro atoms. The molecule has 0 amide bonds. The zero-order valence-electron chi connectivity index (χ0n) is 18.4. The van der Waals surface area contributed by atoms with Crippen LogP contribution in [0, 0.1) is 11.8 Å². The fourth-order valence-electron chi connectivity index (χ4n) is 4.33. The van der Waals surface area contributed by atoms with Crippen LogP contribution in [0.25, 0.3) is 21.1 Å². The summed E-state index contributed by atoms with van der Waals surface area (Å²) in [6.45, 7) is 1.05. The van der Waals surface area contributed by atoms with Gasteiger partial charge in [0, 0.05) is 23.0 Å². The maximum Gasteiger partial charge on any atom is 0.151 e. The van der Waals surface area contributed by atoms with Crippen molar-refractivity contribution in [2.75, 3.05) is 11.9 Å². The normalized spacial score (nSPS) is 15.5. The first-order valence-corrected chi connectivity index (χ1v) is 12.5. The molecule has 1 atom stereocenters. The number of nitrogens with zero attached hydrogens (tertiary/aromatic N) is 2. The summed E-state index contributed by atoms with van der Waals surface area (Å²) < 4.78 is 0.973. The van der Waals surface area contributed by atoms with Gasteiger partial charge in [-0.05, 0) is 49.2 Å². The number of aromatic amines is 1. The molecule has 34 heavy (non-hydrogen) atoms. The molecule has 4 heterocycles. The number of benzene rings is 2. The maximum absolute atomic E-state index is 6.83. The Labute approximate surface area is 206 Å². The molecule has 7 heteroatoms. The largest absolute Gasteiger partial charge is 0.358 e. The van der Waals surface area contributed by atoms with Gasteiger partial charge in [-0.15, -0.1) is 11.3 Å². The molecule has 3 aromatic heterocycles. The second-order valence-corrected chi connectivity index (χ2v) is 9.87. The van der Waals surface area contributed by atoms with E-state index in [1.807, 2.05) is 18.2 Å². The van der Waals surface area contributed by atoms with E-state index in [0.29, 0.717) is 5.02 Å². The summed E-state index contributed by atoms with van der Waals surface area (Å²) in [4.78, 5) is 13.4. The number of thiophene rings is 1. The zero-order chi connectivity index (χ0) is 22.9. The van der Waals surface area contributed by atoms with Gasteiger partial charge in [-0.3, -0.25) is 0 Å². The summed E-state index contributed by atoms with van der Waals surface area (Å²) in [6.07, 6.45) is 4.70. The molecule has 5 aromatic rings. The van der Waals surface area contributed by atoms with Gasteiger partial charge < -0.3 is 15.6 Å². The van der Waals surface area contributed by atoms with Crippen LogP contribution in [-0.2, 0) is 6.42 Å². The highest BCUT2D eigenvalue weighted by atomic mass is 35.5. The van der Waals surface area contributed by atoms with Crippen LogP contribution in [-0.4, -0.2) is 27.5 Å². The number of rotatable bonds is 4. The average molecular weight is 484 g/mol. The van der Waals surface area contributed by atoms with E-state index in [2.05, 4.69) is 73.8 Å². The highest BCUT2D eigenvalue weighted by Crippen LogP contribution is 2.36. The Morgan fingerprint density at radius 2 is 2.03 bits per heavy atom. The molecule has 5 nitrogen and oxygen atoms in total. The second-order valence-electron chi connectivity index (χ2n) is 8.44. The van der Waals surface area contributed by atoms with Gasteiger partial charge in [0.05, 0.1) is 31.8 Å². The Morgan fingerprint density at radius 1 is 1.12 bits per heavy atom. The fraction of sp³-hybridized carbons (Fsp3) is 0.185. The van der Waals surface area contributed by atoms with E-state index in [4.69, 9.17) is 11.6 Å². The summed E-state index contributed by atoms with van der Waals surface area (Å²) in [5.41, 5.74) is 5.10. The van der Waals surface area contributed by atoms with Crippen molar-refractivity contribution in [3.8, 4) is 11.8 Å². The van der Waals surface area contributed by atoms with Crippen LogP contribution in [0.1, 0.15) is 29.0 Å². The van der Waals surface area contributed by atoms with Gasteiger partial charge in [-0.25, -0.2) is 9.97 Å². The summed E-state index contributed by atoms with van der Waals surface area (Å²) in [6, 6.07) is 18.9. The molecule has 6 rings (SSSR count). The molecular weight excluding hydrogens is 462 g/mol. The van der Waals surface area contributed by atoms with Crippen LogP contribution in [0.3, 0.4) is 0 Å². The number of hydrogen-bond acceptors (Lipinski definition) is 5. The average Bonchev–Trinajstić information content (AvgIpc) is 3.60. The van der Waals surface area contributed by atoms with Crippen molar-refractivity contribution in [2.24, 2.45) is 0 Å². The van der Waals surface area contributed by atoms with Gasteiger partial charge in [-0.1, -0.05) is 53.8 Å². The zero-order valence-corrected chi connectivity index (χ0v) is 19.9. The Morgan fingerprint density at radius 3 is 2.88 bits per heavy atom. The minimum Gasteiger partial charge on any atom is -0.358 e. The van der Waals surface area contributed by atoms with Crippen molar-refractivity contribution >= 4 is 55.6 Å². The highest BCUT2D eigenvalue weighted by Gasteiger charge is 2.14. The highest BCUT2D eigenvalue weighted by molar-refractivity contribution is 7.20. The van der Waals surface area contributed by atoms with Gasteiger partial charge in [0.2, 0.25) is 0 Å². The maximum atomic E-state index is 6.83. The number of nitrogens with one attached hydrogen (secondary N) is 3. The molecule has 1 aliphatic heterocycles. The minimum absolute atomic E-state index is 0.285. The summed E-state index contributed by atoms with van der Waals surface area (Å²) in [7, 11) is 0. The van der Waals surface area contributed by atoms with Crippen molar-refractivity contribution in [3.63, 3.8) is 0 Å². The first-order valence-electron chi connectivity index (χ1n) is 11.3. The van der Waals surface area contributed by atoms with Gasteiger partial charge in [0.15, 0.2) is 5.82 Å². The van der Waals surface area contributed by atoms with Crippen molar-refractivity contribution in [2.45, 2.75) is 25.3 Å². The van der Waals surface area contributed by atoms with Gasteiger partial charge >= 0.3 is 0 Å². The van der Waals surface area contributed by atoms with Crippen LogP contribution in [0.2, 0.25) is 5.02 Å². The molecule has 0 aliphatic carbocycles. The van der Waals surface area contributed by atoms with Crippen LogP contribution >= 0.6 is 22.9 Å². The third kappa shape index (κ3) is 4.26. The number of fused-ring (bicyclic) bond motifs is 2. The molecule has 0 unspecified atom stereocenters. The van der Waals surface area contributed by atoms with E-state index in [1.54, 1.807) is 17.7 Å². The van der Waals surface area contributed by atoms with Crippen LogP contribution in [0.4, 0.5) is 11.5 Å². The molecule has 0 radical (unpaired) electrons. The number of H-pyrrole nitrogens is 1. The Hall–Kier alpha value is -3.37. The van der Waals surface area contributed by atoms with E-state index in [1.165, 1.54) is 12.0 Å². The lowest BCUT2D eigenvalue weighted by Crippen LogP contribution is -2.18. The first-order chi connectivity index (χ1) is 16.7. The number of hydrogen-bond donors (Lipinski definition) is 3. The predicted molar refractivity (Wildman–Crippen MR) is 141 cm³/mol. The molecule has 0 saturated carbocycles. The molecular formula is C27H22ClN5S. The molecule has 3 N–H and O–H groups in total. The van der Waals surface area contributed by atoms with Crippen LogP contribution in [0.15, 0.2) is 60.9 Å². The molecule has 168 valence electrons. The summed E-state index contributed by atoms with van der Waals surface area (Å²) in [5, 5.41) is 8.50. The van der Waals surface area contributed by atoms with Gasteiger partial charge in [0.25, 0.3) is 0 Å². The number of anilines is 2. The SMILES string of the molecule is Clc1c(Nc2ncnc3cc(C#C[C@@H]4CCCN4)sc23)ccc2[nH]c(Cc3ccccc3)cc12. The minimum atomic E-state index is 0.285. The Balaban J connectivity index is 1.29. The van der Waals surface area contributed by atoms with E-state index < -0.39 is 0 Å². The summed E-state index contributed by atoms with van der Waals surface area (Å²) in [5.74, 6) is 7.38. The lowest BCUT2D eigenvalue weighted by atomic mass is 10.1. The lowest BCUT2D eigenvalue weighted by Gasteiger charge is -2.08. The second kappa shape index (κ2) is 9.11. The van der Waals surface area contributed by atoms with E-state index in [0.717, 1.165) is 62.6 Å². The Bertz CT molecular complexity index is 1540. The standard InChI is InChI=1S/C27H22ClN5S/c28-25-21-14-19(13-17-5-2-1-3-6-17)32-22(21)10-11-23(25)33-27-26-24(30-16-31-27)15-20(34-26)9-8-18-7-4-12-29-18/h1-3,5-6,10-11,14-16,18,29,32H,4,7,12-13H2,(H,30,31,33)/t18-/m0/s1. The molecule has 0 bridgehead atoms. The Kier molecular flexibility index (Phi) is 5.68. The first kappa shape index (κ1) is 21.2. The number of aromatic nitrogens is 3. The molecule has 2 aromatic carbocycles. The topological polar surface area (TPSA) is 65.6 Å². The van der Waals surface area contributed by atoms with E-state index >= 15 is 0 Å². The smallest absolute Gasteiger partial charge is 0.151 e. The van der Waals surface area contributed by atoms with Crippen molar-refractivity contribution in [1.82, 2.24) is 20.3 Å². The van der Waals surface area contributed by atoms with E-state index in [-0.39, 0.29) is 6.04 Å². The van der Waals surface area contributed by atoms with Crippen molar-refractivity contribution < 1.29 is 0 Å². The van der Waals surface area contributed by atoms with E-state index in [9.17, 15) is 0 Å².